The predicted octanol–water partition coefficient (Wildman–Crippen LogP) is 2.52. The molecule has 2 aromatic rings. The van der Waals surface area contributed by atoms with Crippen molar-refractivity contribution in [2.75, 3.05) is 18.4 Å². The summed E-state index contributed by atoms with van der Waals surface area (Å²) in [7, 11) is 0. The van der Waals surface area contributed by atoms with E-state index in [-0.39, 0.29) is 36.1 Å². The van der Waals surface area contributed by atoms with Crippen molar-refractivity contribution < 1.29 is 18.8 Å². The van der Waals surface area contributed by atoms with Crippen molar-refractivity contribution in [1.82, 2.24) is 10.2 Å². The maximum absolute atomic E-state index is 12.6. The van der Waals surface area contributed by atoms with Crippen molar-refractivity contribution in [3.05, 3.63) is 54.0 Å². The van der Waals surface area contributed by atoms with Crippen molar-refractivity contribution in [3.63, 3.8) is 0 Å². The summed E-state index contributed by atoms with van der Waals surface area (Å²) in [6.07, 6.45) is 1.42. The molecule has 2 rings (SSSR count). The van der Waals surface area contributed by atoms with Crippen LogP contribution >= 0.6 is 0 Å². The summed E-state index contributed by atoms with van der Waals surface area (Å²) in [6, 6.07) is 9.71. The SMILES string of the molecule is CCN(CC(=O)NC(C)C)C(=O)c1ccc(NC(=O)c2ccco2)cc1. The third-order valence-corrected chi connectivity index (χ3v) is 3.59. The number of carbonyl (C=O) groups is 3. The molecule has 0 saturated carbocycles. The molecule has 0 fully saturated rings. The van der Waals surface area contributed by atoms with Gasteiger partial charge in [0.25, 0.3) is 11.8 Å². The Morgan fingerprint density at radius 3 is 2.35 bits per heavy atom. The first-order valence-electron chi connectivity index (χ1n) is 8.44. The quantitative estimate of drug-likeness (QED) is 0.796. The van der Waals surface area contributed by atoms with Gasteiger partial charge in [0.05, 0.1) is 12.8 Å². The Balaban J connectivity index is 2.00. The molecule has 1 aromatic carbocycles. The van der Waals surface area contributed by atoms with Crippen LogP contribution in [0.2, 0.25) is 0 Å². The van der Waals surface area contributed by atoms with Crippen LogP contribution in [-0.4, -0.2) is 41.8 Å². The first-order chi connectivity index (χ1) is 12.4. The first kappa shape index (κ1) is 19.2. The second-order valence-corrected chi connectivity index (χ2v) is 6.05. The molecule has 2 N–H and O–H groups in total. The van der Waals surface area contributed by atoms with Crippen molar-refractivity contribution in [2.45, 2.75) is 26.8 Å². The summed E-state index contributed by atoms with van der Waals surface area (Å²) in [4.78, 5) is 37.8. The van der Waals surface area contributed by atoms with Gasteiger partial charge in [0.1, 0.15) is 0 Å². The molecule has 0 aliphatic heterocycles. The molecule has 0 radical (unpaired) electrons. The lowest BCUT2D eigenvalue weighted by molar-refractivity contribution is -0.122. The van der Waals surface area contributed by atoms with Crippen molar-refractivity contribution in [3.8, 4) is 0 Å². The molecule has 0 saturated heterocycles. The second kappa shape index (κ2) is 8.84. The van der Waals surface area contributed by atoms with Gasteiger partial charge in [-0.2, -0.15) is 0 Å². The van der Waals surface area contributed by atoms with E-state index in [4.69, 9.17) is 4.42 Å². The number of carbonyl (C=O) groups excluding carboxylic acids is 3. The first-order valence-corrected chi connectivity index (χ1v) is 8.44. The van der Waals surface area contributed by atoms with Gasteiger partial charge in [-0.05, 0) is 57.2 Å². The molecule has 7 nitrogen and oxygen atoms in total. The van der Waals surface area contributed by atoms with E-state index in [2.05, 4.69) is 10.6 Å². The zero-order valence-electron chi connectivity index (χ0n) is 15.1. The summed E-state index contributed by atoms with van der Waals surface area (Å²) in [6.45, 7) is 5.97. The number of rotatable bonds is 7. The van der Waals surface area contributed by atoms with Crippen LogP contribution in [-0.2, 0) is 4.79 Å². The van der Waals surface area contributed by atoms with Crippen LogP contribution in [0.5, 0.6) is 0 Å². The van der Waals surface area contributed by atoms with Crippen molar-refractivity contribution in [1.29, 1.82) is 0 Å². The third-order valence-electron chi connectivity index (χ3n) is 3.59. The molecule has 0 aliphatic carbocycles. The highest BCUT2D eigenvalue weighted by Gasteiger charge is 2.18. The van der Waals surface area contributed by atoms with E-state index in [1.165, 1.54) is 11.2 Å². The number of likely N-dealkylation sites (N-methyl/N-ethyl adjacent to an activating group) is 1. The fourth-order valence-corrected chi connectivity index (χ4v) is 2.35. The number of nitrogens with zero attached hydrogens (tertiary/aromatic N) is 1. The fraction of sp³-hybridized carbons (Fsp3) is 0.316. The van der Waals surface area contributed by atoms with Crippen molar-refractivity contribution >= 4 is 23.4 Å². The molecule has 3 amide bonds. The molecular formula is C19H23N3O4. The highest BCUT2D eigenvalue weighted by Crippen LogP contribution is 2.13. The molecule has 7 heteroatoms. The van der Waals surface area contributed by atoms with E-state index in [1.54, 1.807) is 36.4 Å². The van der Waals surface area contributed by atoms with Gasteiger partial charge in [0, 0.05) is 23.8 Å². The highest BCUT2D eigenvalue weighted by molar-refractivity contribution is 6.02. The van der Waals surface area contributed by atoms with Crippen LogP contribution in [0.3, 0.4) is 0 Å². The van der Waals surface area contributed by atoms with E-state index in [1.807, 2.05) is 20.8 Å². The van der Waals surface area contributed by atoms with Crippen molar-refractivity contribution in [2.24, 2.45) is 0 Å². The number of benzene rings is 1. The fourth-order valence-electron chi connectivity index (χ4n) is 2.35. The Morgan fingerprint density at radius 2 is 1.81 bits per heavy atom. The molecule has 0 bridgehead atoms. The number of hydrogen-bond donors (Lipinski definition) is 2. The average molecular weight is 357 g/mol. The zero-order valence-corrected chi connectivity index (χ0v) is 15.1. The Kier molecular flexibility index (Phi) is 6.54. The lowest BCUT2D eigenvalue weighted by Gasteiger charge is -2.21. The molecule has 0 spiro atoms. The smallest absolute Gasteiger partial charge is 0.291 e. The second-order valence-electron chi connectivity index (χ2n) is 6.05. The van der Waals surface area contributed by atoms with E-state index in [0.717, 1.165) is 0 Å². The van der Waals surface area contributed by atoms with Gasteiger partial charge in [-0.15, -0.1) is 0 Å². The minimum Gasteiger partial charge on any atom is -0.459 e. The largest absolute Gasteiger partial charge is 0.459 e. The lowest BCUT2D eigenvalue weighted by atomic mass is 10.1. The average Bonchev–Trinajstić information content (AvgIpc) is 3.14. The van der Waals surface area contributed by atoms with Crippen LogP contribution in [0.25, 0.3) is 0 Å². The highest BCUT2D eigenvalue weighted by atomic mass is 16.3. The monoisotopic (exact) mass is 357 g/mol. The maximum Gasteiger partial charge on any atom is 0.291 e. The molecule has 1 aromatic heterocycles. The number of amides is 3. The van der Waals surface area contributed by atoms with E-state index < -0.39 is 0 Å². The number of hydrogen-bond acceptors (Lipinski definition) is 4. The Bertz CT molecular complexity index is 752. The third kappa shape index (κ3) is 5.20. The van der Waals surface area contributed by atoms with Gasteiger partial charge in [-0.1, -0.05) is 0 Å². The Morgan fingerprint density at radius 1 is 1.12 bits per heavy atom. The molecule has 26 heavy (non-hydrogen) atoms. The molecular weight excluding hydrogens is 334 g/mol. The maximum atomic E-state index is 12.6. The predicted molar refractivity (Wildman–Crippen MR) is 98.0 cm³/mol. The molecule has 0 atom stereocenters. The van der Waals surface area contributed by atoms with Crippen LogP contribution in [0, 0.1) is 0 Å². The van der Waals surface area contributed by atoms with Gasteiger partial charge in [0.2, 0.25) is 5.91 Å². The number of anilines is 1. The van der Waals surface area contributed by atoms with Crippen LogP contribution in [0.1, 0.15) is 41.7 Å². The van der Waals surface area contributed by atoms with Gasteiger partial charge in [0.15, 0.2) is 5.76 Å². The van der Waals surface area contributed by atoms with Crippen LogP contribution < -0.4 is 10.6 Å². The summed E-state index contributed by atoms with van der Waals surface area (Å²) >= 11 is 0. The molecule has 0 aliphatic rings. The van der Waals surface area contributed by atoms with Gasteiger partial charge >= 0.3 is 0 Å². The van der Waals surface area contributed by atoms with Gasteiger partial charge in [-0.3, -0.25) is 14.4 Å². The standard InChI is InChI=1S/C19H23N3O4/c1-4-22(12-17(23)20-13(2)3)19(25)14-7-9-15(10-8-14)21-18(24)16-6-5-11-26-16/h5-11,13H,4,12H2,1-3H3,(H,20,23)(H,21,24). The summed E-state index contributed by atoms with van der Waals surface area (Å²) in [5.74, 6) is -0.596. The lowest BCUT2D eigenvalue weighted by Crippen LogP contribution is -2.42. The van der Waals surface area contributed by atoms with E-state index in [9.17, 15) is 14.4 Å². The normalized spacial score (nSPS) is 10.5. The Labute approximate surface area is 152 Å². The molecule has 0 unspecified atom stereocenters. The van der Waals surface area contributed by atoms with Crippen LogP contribution in [0.15, 0.2) is 47.1 Å². The molecule has 138 valence electrons. The van der Waals surface area contributed by atoms with E-state index >= 15 is 0 Å². The van der Waals surface area contributed by atoms with Gasteiger partial charge < -0.3 is 20.0 Å². The summed E-state index contributed by atoms with van der Waals surface area (Å²) < 4.78 is 5.03. The number of furan rings is 1. The summed E-state index contributed by atoms with van der Waals surface area (Å²) in [5.41, 5.74) is 0.990. The minimum absolute atomic E-state index is 0.00446. The van der Waals surface area contributed by atoms with Gasteiger partial charge in [-0.25, -0.2) is 0 Å². The molecule has 1 heterocycles. The minimum atomic E-state index is -0.366. The topological polar surface area (TPSA) is 91.7 Å². The zero-order chi connectivity index (χ0) is 19.1. The van der Waals surface area contributed by atoms with E-state index in [0.29, 0.717) is 17.8 Å². The van der Waals surface area contributed by atoms with Crippen LogP contribution in [0.4, 0.5) is 5.69 Å². The Hall–Kier alpha value is -3.09. The summed E-state index contributed by atoms with van der Waals surface area (Å²) in [5, 5.41) is 5.45. The number of nitrogens with one attached hydrogen (secondary N) is 2.